The summed E-state index contributed by atoms with van der Waals surface area (Å²) < 4.78 is 28.3. The molecule has 1 fully saturated rings. The fraction of sp³-hybridized carbons (Fsp3) is 0.333. The first-order valence-electron chi connectivity index (χ1n) is 10.6. The number of hydrogen-bond acceptors (Lipinski definition) is 5. The zero-order valence-corrected chi connectivity index (χ0v) is 18.7. The number of amides is 1. The van der Waals surface area contributed by atoms with Gasteiger partial charge in [-0.1, -0.05) is 23.7 Å². The molecular weight excluding hydrogens is 450 g/mol. The Kier molecular flexibility index (Phi) is 6.67. The van der Waals surface area contributed by atoms with Crippen LogP contribution in [0.15, 0.2) is 48.8 Å². The van der Waals surface area contributed by atoms with Crippen LogP contribution < -0.4 is 5.32 Å². The molecule has 1 aliphatic rings. The maximum Gasteiger partial charge on any atom is 0.270 e. The van der Waals surface area contributed by atoms with Gasteiger partial charge in [0.15, 0.2) is 5.82 Å². The van der Waals surface area contributed by atoms with E-state index in [4.69, 9.17) is 11.6 Å². The SMILES string of the molecule is Cc1ccc(-c2ncccn2)c(C(=O)NCC2(O)CCC(F)CC2c2cccc(F)c2Cl)n1. The Hall–Kier alpha value is -2.97. The molecule has 1 aromatic carbocycles. The third-order valence-electron chi connectivity index (χ3n) is 6.00. The minimum atomic E-state index is -1.51. The summed E-state index contributed by atoms with van der Waals surface area (Å²) in [5.41, 5.74) is -0.000885. The second-order valence-electron chi connectivity index (χ2n) is 8.27. The van der Waals surface area contributed by atoms with E-state index in [9.17, 15) is 18.7 Å². The van der Waals surface area contributed by atoms with E-state index in [0.29, 0.717) is 22.6 Å². The van der Waals surface area contributed by atoms with Gasteiger partial charge in [0.05, 0.1) is 16.2 Å². The van der Waals surface area contributed by atoms with Gasteiger partial charge in [0.2, 0.25) is 0 Å². The van der Waals surface area contributed by atoms with Crippen LogP contribution in [0, 0.1) is 12.7 Å². The molecule has 3 aromatic rings. The van der Waals surface area contributed by atoms with Crippen LogP contribution in [0.2, 0.25) is 5.02 Å². The number of benzene rings is 1. The lowest BCUT2D eigenvalue weighted by Crippen LogP contribution is -2.50. The molecule has 172 valence electrons. The molecule has 2 N–H and O–H groups in total. The lowest BCUT2D eigenvalue weighted by Gasteiger charge is -2.42. The number of alkyl halides is 1. The molecule has 2 aromatic heterocycles. The van der Waals surface area contributed by atoms with Crippen molar-refractivity contribution >= 4 is 17.5 Å². The van der Waals surface area contributed by atoms with Crippen LogP contribution in [-0.4, -0.2) is 44.3 Å². The zero-order chi connectivity index (χ0) is 23.6. The van der Waals surface area contributed by atoms with E-state index in [1.807, 2.05) is 0 Å². The molecule has 0 saturated heterocycles. The van der Waals surface area contributed by atoms with E-state index < -0.39 is 29.4 Å². The number of nitrogens with one attached hydrogen (secondary N) is 1. The summed E-state index contributed by atoms with van der Waals surface area (Å²) in [7, 11) is 0. The van der Waals surface area contributed by atoms with Crippen molar-refractivity contribution in [3.05, 3.63) is 76.6 Å². The van der Waals surface area contributed by atoms with Gasteiger partial charge in [0.1, 0.15) is 17.7 Å². The summed E-state index contributed by atoms with van der Waals surface area (Å²) >= 11 is 6.15. The summed E-state index contributed by atoms with van der Waals surface area (Å²) in [6, 6.07) is 9.39. The molecule has 3 unspecified atom stereocenters. The van der Waals surface area contributed by atoms with Crippen molar-refractivity contribution in [1.29, 1.82) is 0 Å². The van der Waals surface area contributed by atoms with Crippen molar-refractivity contribution < 1.29 is 18.7 Å². The van der Waals surface area contributed by atoms with E-state index in [1.165, 1.54) is 12.1 Å². The van der Waals surface area contributed by atoms with Crippen LogP contribution in [0.4, 0.5) is 8.78 Å². The molecule has 1 saturated carbocycles. The topological polar surface area (TPSA) is 88.0 Å². The van der Waals surface area contributed by atoms with Crippen molar-refractivity contribution in [1.82, 2.24) is 20.3 Å². The number of rotatable bonds is 5. The number of carbonyl (C=O) groups is 1. The average Bonchev–Trinajstić information content (AvgIpc) is 2.82. The van der Waals surface area contributed by atoms with Crippen LogP contribution in [0.25, 0.3) is 11.4 Å². The highest BCUT2D eigenvalue weighted by Gasteiger charge is 2.44. The number of hydrogen-bond donors (Lipinski definition) is 2. The van der Waals surface area contributed by atoms with Gasteiger partial charge in [0.25, 0.3) is 5.91 Å². The van der Waals surface area contributed by atoms with E-state index in [0.717, 1.165) is 0 Å². The first-order valence-corrected chi connectivity index (χ1v) is 11.0. The normalized spacial score (nSPS) is 22.7. The fourth-order valence-corrected chi connectivity index (χ4v) is 4.51. The van der Waals surface area contributed by atoms with Crippen LogP contribution >= 0.6 is 11.6 Å². The minimum Gasteiger partial charge on any atom is -0.387 e. The van der Waals surface area contributed by atoms with Crippen LogP contribution in [0.5, 0.6) is 0 Å². The monoisotopic (exact) mass is 472 g/mol. The Morgan fingerprint density at radius 1 is 1.24 bits per heavy atom. The van der Waals surface area contributed by atoms with Gasteiger partial charge in [-0.15, -0.1) is 0 Å². The zero-order valence-electron chi connectivity index (χ0n) is 17.9. The van der Waals surface area contributed by atoms with E-state index in [1.54, 1.807) is 43.6 Å². The second kappa shape index (κ2) is 9.49. The summed E-state index contributed by atoms with van der Waals surface area (Å²) in [5, 5.41) is 14.0. The number of aromatic nitrogens is 3. The molecule has 6 nitrogen and oxygen atoms in total. The van der Waals surface area contributed by atoms with E-state index in [2.05, 4.69) is 20.3 Å². The van der Waals surface area contributed by atoms with Gasteiger partial charge < -0.3 is 10.4 Å². The Labute approximate surface area is 195 Å². The molecule has 0 spiro atoms. The summed E-state index contributed by atoms with van der Waals surface area (Å²) in [5.74, 6) is -1.61. The van der Waals surface area contributed by atoms with Crippen LogP contribution in [0.1, 0.15) is 46.9 Å². The highest BCUT2D eigenvalue weighted by molar-refractivity contribution is 6.31. The Morgan fingerprint density at radius 3 is 2.76 bits per heavy atom. The Balaban J connectivity index is 1.61. The highest BCUT2D eigenvalue weighted by Crippen LogP contribution is 2.44. The predicted molar refractivity (Wildman–Crippen MR) is 120 cm³/mol. The Morgan fingerprint density at radius 2 is 2.00 bits per heavy atom. The van der Waals surface area contributed by atoms with Crippen molar-refractivity contribution in [2.24, 2.45) is 0 Å². The van der Waals surface area contributed by atoms with E-state index >= 15 is 0 Å². The van der Waals surface area contributed by atoms with Crippen molar-refractivity contribution in [2.45, 2.75) is 43.9 Å². The number of halogens is 3. The molecule has 4 rings (SSSR count). The molecule has 0 radical (unpaired) electrons. The lowest BCUT2D eigenvalue weighted by molar-refractivity contribution is -0.0331. The van der Waals surface area contributed by atoms with Gasteiger partial charge >= 0.3 is 0 Å². The highest BCUT2D eigenvalue weighted by atomic mass is 35.5. The molecule has 33 heavy (non-hydrogen) atoms. The smallest absolute Gasteiger partial charge is 0.270 e. The fourth-order valence-electron chi connectivity index (χ4n) is 4.26. The molecule has 1 amide bonds. The number of nitrogens with zero attached hydrogens (tertiary/aromatic N) is 3. The standard InChI is InChI=1S/C24H23ClF2N4O2/c1-14-6-7-17(22-28-10-3-11-29-22)21(31-14)23(32)30-13-24(33)9-8-15(26)12-18(24)16-4-2-5-19(27)20(16)25/h2-7,10-11,15,18,33H,8-9,12-13H2,1H3,(H,30,32). The molecule has 1 aliphatic carbocycles. The average molecular weight is 473 g/mol. The van der Waals surface area contributed by atoms with Crippen LogP contribution in [0.3, 0.4) is 0 Å². The largest absolute Gasteiger partial charge is 0.387 e. The van der Waals surface area contributed by atoms with Gasteiger partial charge in [-0.3, -0.25) is 4.79 Å². The third kappa shape index (κ3) is 4.86. The maximum absolute atomic E-state index is 14.3. The number of pyridine rings is 1. The summed E-state index contributed by atoms with van der Waals surface area (Å²) in [4.78, 5) is 25.8. The molecule has 0 bridgehead atoms. The number of aliphatic hydroxyl groups is 1. The first kappa shape index (κ1) is 23.2. The van der Waals surface area contributed by atoms with Gasteiger partial charge in [0, 0.05) is 30.6 Å². The maximum atomic E-state index is 14.3. The first-order chi connectivity index (χ1) is 15.8. The predicted octanol–water partition coefficient (Wildman–Crippen LogP) is 4.41. The lowest BCUT2D eigenvalue weighted by atomic mass is 9.71. The Bertz CT molecular complexity index is 1160. The minimum absolute atomic E-state index is 0.0264. The molecular formula is C24H23ClF2N4O2. The second-order valence-corrected chi connectivity index (χ2v) is 8.65. The quantitative estimate of drug-likeness (QED) is 0.574. The van der Waals surface area contributed by atoms with E-state index in [-0.39, 0.29) is 36.5 Å². The number of aryl methyl sites for hydroxylation is 1. The van der Waals surface area contributed by atoms with Gasteiger partial charge in [-0.25, -0.2) is 23.7 Å². The summed E-state index contributed by atoms with van der Waals surface area (Å²) in [6.45, 7) is 1.57. The van der Waals surface area contributed by atoms with Crippen molar-refractivity contribution in [3.8, 4) is 11.4 Å². The third-order valence-corrected chi connectivity index (χ3v) is 6.40. The van der Waals surface area contributed by atoms with Crippen LogP contribution in [-0.2, 0) is 0 Å². The molecule has 3 atom stereocenters. The molecule has 9 heteroatoms. The van der Waals surface area contributed by atoms with Crippen molar-refractivity contribution in [3.63, 3.8) is 0 Å². The van der Waals surface area contributed by atoms with Gasteiger partial charge in [-0.2, -0.15) is 0 Å². The van der Waals surface area contributed by atoms with Crippen molar-refractivity contribution in [2.75, 3.05) is 6.54 Å². The molecule has 2 heterocycles. The molecule has 0 aliphatic heterocycles. The number of carbonyl (C=O) groups excluding carboxylic acids is 1. The summed E-state index contributed by atoms with van der Waals surface area (Å²) in [6.07, 6.45) is 2.15. The van der Waals surface area contributed by atoms with Gasteiger partial charge in [-0.05, 0) is 56.0 Å².